The van der Waals surface area contributed by atoms with Gasteiger partial charge in [0.2, 0.25) is 5.91 Å². The molecule has 0 aliphatic rings. The third kappa shape index (κ3) is 4.89. The van der Waals surface area contributed by atoms with Gasteiger partial charge < -0.3 is 10.2 Å². The maximum Gasteiger partial charge on any atom is 0.234 e. The highest BCUT2D eigenvalue weighted by atomic mass is 35.5. The van der Waals surface area contributed by atoms with Crippen molar-refractivity contribution in [1.29, 1.82) is 0 Å². The van der Waals surface area contributed by atoms with Crippen LogP contribution < -0.4 is 5.32 Å². The molecule has 0 aliphatic carbocycles. The van der Waals surface area contributed by atoms with Gasteiger partial charge in [-0.25, -0.2) is 4.98 Å². The number of carbonyl (C=O) groups excluding carboxylic acids is 1. The van der Waals surface area contributed by atoms with Crippen molar-refractivity contribution in [2.75, 3.05) is 25.2 Å². The number of rotatable bonds is 3. The topological polar surface area (TPSA) is 45.2 Å². The first kappa shape index (κ1) is 14.2. The van der Waals surface area contributed by atoms with Crippen molar-refractivity contribution in [3.8, 4) is 0 Å². The zero-order chi connectivity index (χ0) is 12.8. The zero-order valence-electron chi connectivity index (χ0n) is 9.44. The Kier molecular flexibility index (Phi) is 5.67. The van der Waals surface area contributed by atoms with Gasteiger partial charge in [-0.3, -0.25) is 4.79 Å². The van der Waals surface area contributed by atoms with Gasteiger partial charge in [-0.1, -0.05) is 35.6 Å². The summed E-state index contributed by atoms with van der Waals surface area (Å²) in [5.41, 5.74) is 0.510. The number of aromatic nitrogens is 1. The lowest BCUT2D eigenvalue weighted by atomic mass is 10.4. The fourth-order valence-electron chi connectivity index (χ4n) is 0.922. The lowest BCUT2D eigenvalue weighted by Gasteiger charge is -2.12. The van der Waals surface area contributed by atoms with Gasteiger partial charge in [0.05, 0.1) is 11.4 Å². The minimum atomic E-state index is -0.158. The molecule has 0 spiro atoms. The molecule has 1 amide bonds. The molecule has 1 aromatic heterocycles. The normalized spacial score (nSPS) is 9.82. The highest BCUT2D eigenvalue weighted by molar-refractivity contribution is 8.23. The lowest BCUT2D eigenvalue weighted by Crippen LogP contribution is -2.20. The van der Waals surface area contributed by atoms with E-state index in [-0.39, 0.29) is 16.8 Å². The Morgan fingerprint density at radius 3 is 2.94 bits per heavy atom. The average Bonchev–Trinajstić information content (AvgIpc) is 2.29. The number of hydrogen-bond acceptors (Lipinski definition) is 4. The van der Waals surface area contributed by atoms with Crippen LogP contribution in [0.4, 0.5) is 5.69 Å². The van der Waals surface area contributed by atoms with Crippen molar-refractivity contribution in [2.45, 2.75) is 0 Å². The first-order valence-corrected chi connectivity index (χ1v) is 6.52. The van der Waals surface area contributed by atoms with E-state index in [4.69, 9.17) is 23.8 Å². The van der Waals surface area contributed by atoms with Crippen molar-refractivity contribution in [1.82, 2.24) is 9.88 Å². The van der Waals surface area contributed by atoms with Gasteiger partial charge in [0.1, 0.15) is 4.32 Å². The number of nitrogens with one attached hydrogen (secondary N) is 1. The van der Waals surface area contributed by atoms with Crippen LogP contribution in [0.5, 0.6) is 0 Å². The van der Waals surface area contributed by atoms with E-state index in [2.05, 4.69) is 10.3 Å². The summed E-state index contributed by atoms with van der Waals surface area (Å²) in [5.74, 6) is 0.0940. The molecule has 1 rings (SSSR count). The molecule has 0 radical (unpaired) electrons. The van der Waals surface area contributed by atoms with E-state index in [9.17, 15) is 4.79 Å². The number of anilines is 1. The van der Waals surface area contributed by atoms with Gasteiger partial charge in [-0.15, -0.1) is 0 Å². The van der Waals surface area contributed by atoms with E-state index in [0.717, 1.165) is 0 Å². The van der Waals surface area contributed by atoms with Crippen molar-refractivity contribution in [3.63, 3.8) is 0 Å². The van der Waals surface area contributed by atoms with Gasteiger partial charge in [0, 0.05) is 20.3 Å². The molecule has 0 fully saturated rings. The van der Waals surface area contributed by atoms with Crippen LogP contribution in [0.3, 0.4) is 0 Å². The number of thioether (sulfide) groups is 1. The first-order chi connectivity index (χ1) is 8.00. The molecule has 1 heterocycles. The van der Waals surface area contributed by atoms with Crippen LogP contribution in [0.1, 0.15) is 0 Å². The van der Waals surface area contributed by atoms with E-state index in [1.807, 2.05) is 14.1 Å². The fraction of sp³-hybridized carbons (Fsp3) is 0.300. The summed E-state index contributed by atoms with van der Waals surface area (Å²) in [5, 5.41) is 2.95. The monoisotopic (exact) mass is 289 g/mol. The van der Waals surface area contributed by atoms with E-state index < -0.39 is 0 Å². The number of pyridine rings is 1. The van der Waals surface area contributed by atoms with E-state index in [0.29, 0.717) is 10.0 Å². The van der Waals surface area contributed by atoms with Crippen LogP contribution in [0, 0.1) is 0 Å². The van der Waals surface area contributed by atoms with Crippen LogP contribution in [0.2, 0.25) is 5.15 Å². The van der Waals surface area contributed by atoms with Gasteiger partial charge in [0.15, 0.2) is 5.15 Å². The molecule has 1 aromatic rings. The molecule has 0 saturated carbocycles. The van der Waals surface area contributed by atoms with Crippen LogP contribution >= 0.6 is 35.6 Å². The Labute approximate surface area is 115 Å². The molecule has 17 heavy (non-hydrogen) atoms. The molecule has 4 nitrogen and oxygen atoms in total. The summed E-state index contributed by atoms with van der Waals surface area (Å²) in [6.45, 7) is 0. The Balaban J connectivity index is 2.46. The number of carbonyl (C=O) groups is 1. The molecule has 0 aromatic carbocycles. The van der Waals surface area contributed by atoms with Crippen LogP contribution in [0.25, 0.3) is 0 Å². The van der Waals surface area contributed by atoms with Crippen molar-refractivity contribution >= 4 is 51.5 Å². The third-order valence-corrected chi connectivity index (χ3v) is 3.76. The van der Waals surface area contributed by atoms with Gasteiger partial charge in [-0.2, -0.15) is 0 Å². The zero-order valence-corrected chi connectivity index (χ0v) is 11.8. The molecule has 7 heteroatoms. The minimum absolute atomic E-state index is 0.158. The highest BCUT2D eigenvalue weighted by Crippen LogP contribution is 2.17. The molecule has 1 N–H and O–H groups in total. The summed E-state index contributed by atoms with van der Waals surface area (Å²) in [6, 6.07) is 3.40. The van der Waals surface area contributed by atoms with Crippen molar-refractivity contribution in [3.05, 3.63) is 23.5 Å². The van der Waals surface area contributed by atoms with Crippen LogP contribution in [0.15, 0.2) is 18.3 Å². The second kappa shape index (κ2) is 6.78. The standard InChI is InChI=1S/C10H12ClN3OS2/c1-14(2)10(16)17-6-8(15)13-7-4-3-5-12-9(7)11/h3-5H,6H2,1-2H3,(H,13,15). The highest BCUT2D eigenvalue weighted by Gasteiger charge is 2.08. The van der Waals surface area contributed by atoms with Crippen molar-refractivity contribution in [2.24, 2.45) is 0 Å². The largest absolute Gasteiger partial charge is 0.364 e. The third-order valence-electron chi connectivity index (χ3n) is 1.73. The minimum Gasteiger partial charge on any atom is -0.364 e. The number of hydrogen-bond donors (Lipinski definition) is 1. The Morgan fingerprint density at radius 2 is 2.35 bits per heavy atom. The van der Waals surface area contributed by atoms with E-state index >= 15 is 0 Å². The predicted molar refractivity (Wildman–Crippen MR) is 76.6 cm³/mol. The SMILES string of the molecule is CN(C)C(=S)SCC(=O)Nc1cccnc1Cl. The van der Waals surface area contributed by atoms with Gasteiger partial charge >= 0.3 is 0 Å². The molecule has 0 bridgehead atoms. The molecule has 0 aliphatic heterocycles. The number of thiocarbonyl (C=S) groups is 1. The summed E-state index contributed by atoms with van der Waals surface area (Å²) in [6.07, 6.45) is 1.56. The van der Waals surface area contributed by atoms with Gasteiger partial charge in [0.25, 0.3) is 0 Å². The number of halogens is 1. The maximum atomic E-state index is 11.6. The smallest absolute Gasteiger partial charge is 0.234 e. The summed E-state index contributed by atoms with van der Waals surface area (Å²) in [4.78, 5) is 17.2. The summed E-state index contributed by atoms with van der Waals surface area (Å²) < 4.78 is 0.664. The Bertz CT molecular complexity index is 426. The summed E-state index contributed by atoms with van der Waals surface area (Å²) in [7, 11) is 3.68. The second-order valence-electron chi connectivity index (χ2n) is 3.34. The van der Waals surface area contributed by atoms with Crippen LogP contribution in [-0.4, -0.2) is 40.0 Å². The molecule has 0 atom stereocenters. The predicted octanol–water partition coefficient (Wildman–Crippen LogP) is 2.25. The lowest BCUT2D eigenvalue weighted by molar-refractivity contribution is -0.113. The Hall–Kier alpha value is -0.850. The summed E-state index contributed by atoms with van der Waals surface area (Å²) >= 11 is 12.2. The Morgan fingerprint density at radius 1 is 1.65 bits per heavy atom. The molecule has 0 unspecified atom stereocenters. The molecule has 0 saturated heterocycles. The quantitative estimate of drug-likeness (QED) is 0.683. The van der Waals surface area contributed by atoms with E-state index in [1.54, 1.807) is 23.2 Å². The average molecular weight is 290 g/mol. The second-order valence-corrected chi connectivity index (χ2v) is 5.31. The molecule has 92 valence electrons. The maximum absolute atomic E-state index is 11.6. The molecular formula is C10H12ClN3OS2. The number of amides is 1. The van der Waals surface area contributed by atoms with E-state index in [1.165, 1.54) is 11.8 Å². The number of nitrogens with zero attached hydrogens (tertiary/aromatic N) is 2. The molecular weight excluding hydrogens is 278 g/mol. The van der Waals surface area contributed by atoms with Gasteiger partial charge in [-0.05, 0) is 12.1 Å². The van der Waals surface area contributed by atoms with Crippen molar-refractivity contribution < 1.29 is 4.79 Å². The fourth-order valence-corrected chi connectivity index (χ4v) is 1.85. The first-order valence-electron chi connectivity index (χ1n) is 4.75. The van der Waals surface area contributed by atoms with Crippen LogP contribution in [-0.2, 0) is 4.79 Å².